The molecule has 0 aliphatic rings. The van der Waals surface area contributed by atoms with Crippen LogP contribution in [0.15, 0.2) is 41.3 Å². The third-order valence-electron chi connectivity index (χ3n) is 2.57. The van der Waals surface area contributed by atoms with Crippen LogP contribution in [-0.4, -0.2) is 8.42 Å². The van der Waals surface area contributed by atoms with Crippen LogP contribution in [0, 0.1) is 18.6 Å². The van der Waals surface area contributed by atoms with Gasteiger partial charge in [0.2, 0.25) is 0 Å². The zero-order chi connectivity index (χ0) is 14.9. The summed E-state index contributed by atoms with van der Waals surface area (Å²) in [5, 5.41) is 0.385. The van der Waals surface area contributed by atoms with Crippen LogP contribution in [0.1, 0.15) is 5.56 Å². The van der Waals surface area contributed by atoms with Gasteiger partial charge >= 0.3 is 0 Å². The predicted molar refractivity (Wildman–Crippen MR) is 73.4 cm³/mol. The molecule has 0 bridgehead atoms. The van der Waals surface area contributed by atoms with Crippen molar-refractivity contribution in [2.24, 2.45) is 0 Å². The molecule has 0 aromatic heterocycles. The van der Waals surface area contributed by atoms with E-state index < -0.39 is 26.6 Å². The minimum absolute atomic E-state index is 0.213. The number of sulfonamides is 1. The molecule has 7 heteroatoms. The predicted octanol–water partition coefficient (Wildman–Crippen LogP) is 3.73. The first kappa shape index (κ1) is 14.7. The van der Waals surface area contributed by atoms with Gasteiger partial charge in [0.1, 0.15) is 11.6 Å². The quantitative estimate of drug-likeness (QED) is 0.937. The van der Waals surface area contributed by atoms with Crippen molar-refractivity contribution in [2.45, 2.75) is 11.8 Å². The van der Waals surface area contributed by atoms with E-state index in [4.69, 9.17) is 11.6 Å². The monoisotopic (exact) mass is 317 g/mol. The van der Waals surface area contributed by atoms with Crippen molar-refractivity contribution in [3.63, 3.8) is 0 Å². The second-order valence-corrected chi connectivity index (χ2v) is 6.26. The first-order valence-corrected chi connectivity index (χ1v) is 7.39. The highest BCUT2D eigenvalue weighted by Crippen LogP contribution is 2.23. The highest BCUT2D eigenvalue weighted by Gasteiger charge is 2.17. The van der Waals surface area contributed by atoms with Gasteiger partial charge in [-0.2, -0.15) is 0 Å². The van der Waals surface area contributed by atoms with Gasteiger partial charge in [-0.1, -0.05) is 17.7 Å². The molecular formula is C13H10ClF2NO2S. The van der Waals surface area contributed by atoms with E-state index in [2.05, 4.69) is 4.72 Å². The molecule has 0 spiro atoms. The van der Waals surface area contributed by atoms with E-state index in [9.17, 15) is 17.2 Å². The summed E-state index contributed by atoms with van der Waals surface area (Å²) < 4.78 is 52.4. The van der Waals surface area contributed by atoms with Gasteiger partial charge in [0.05, 0.1) is 10.6 Å². The molecule has 0 atom stereocenters. The zero-order valence-corrected chi connectivity index (χ0v) is 11.9. The van der Waals surface area contributed by atoms with Gasteiger partial charge in [-0.25, -0.2) is 17.2 Å². The van der Waals surface area contributed by atoms with Gasteiger partial charge < -0.3 is 0 Å². The molecule has 0 aliphatic carbocycles. The number of benzene rings is 2. The minimum Gasteiger partial charge on any atom is -0.280 e. The summed E-state index contributed by atoms with van der Waals surface area (Å²) >= 11 is 5.88. The Balaban J connectivity index is 2.37. The lowest BCUT2D eigenvalue weighted by atomic mass is 10.2. The number of hydrogen-bond donors (Lipinski definition) is 1. The molecule has 0 heterocycles. The lowest BCUT2D eigenvalue weighted by molar-refractivity contribution is 0.568. The van der Waals surface area contributed by atoms with Gasteiger partial charge in [-0.15, -0.1) is 0 Å². The fourth-order valence-electron chi connectivity index (χ4n) is 1.55. The fraction of sp³-hybridized carbons (Fsp3) is 0.0769. The maximum atomic E-state index is 13.1. The summed E-state index contributed by atoms with van der Waals surface area (Å²) in [6, 6.07) is 6.63. The molecule has 106 valence electrons. The Morgan fingerprint density at radius 1 is 1.05 bits per heavy atom. The van der Waals surface area contributed by atoms with Crippen molar-refractivity contribution in [1.82, 2.24) is 0 Å². The number of halogens is 3. The number of hydrogen-bond acceptors (Lipinski definition) is 2. The van der Waals surface area contributed by atoms with Gasteiger partial charge in [-0.3, -0.25) is 4.72 Å². The van der Waals surface area contributed by atoms with Crippen LogP contribution >= 0.6 is 11.6 Å². The smallest absolute Gasteiger partial charge is 0.262 e. The van der Waals surface area contributed by atoms with Crippen LogP contribution in [0.3, 0.4) is 0 Å². The SMILES string of the molecule is Cc1ccc(NS(=O)(=O)c2cc(F)cc(F)c2)cc1Cl. The Labute approximate surface area is 120 Å². The van der Waals surface area contributed by atoms with E-state index in [-0.39, 0.29) is 5.69 Å². The molecule has 0 radical (unpaired) electrons. The molecule has 0 amide bonds. The molecule has 0 aliphatic heterocycles. The van der Waals surface area contributed by atoms with Crippen LogP contribution < -0.4 is 4.72 Å². The second kappa shape index (κ2) is 5.38. The first-order chi connectivity index (χ1) is 9.28. The van der Waals surface area contributed by atoms with Crippen LogP contribution in [0.4, 0.5) is 14.5 Å². The Morgan fingerprint density at radius 2 is 1.65 bits per heavy atom. The molecule has 2 aromatic rings. The summed E-state index contributed by atoms with van der Waals surface area (Å²) in [6.07, 6.45) is 0. The second-order valence-electron chi connectivity index (χ2n) is 4.17. The Morgan fingerprint density at radius 3 is 2.20 bits per heavy atom. The Kier molecular flexibility index (Phi) is 3.96. The van der Waals surface area contributed by atoms with Crippen LogP contribution in [-0.2, 0) is 10.0 Å². The molecule has 1 N–H and O–H groups in total. The summed E-state index contributed by atoms with van der Waals surface area (Å²) in [7, 11) is -4.08. The molecule has 20 heavy (non-hydrogen) atoms. The van der Waals surface area contributed by atoms with Crippen LogP contribution in [0.2, 0.25) is 5.02 Å². The van der Waals surface area contributed by atoms with Gasteiger partial charge in [0.25, 0.3) is 10.0 Å². The van der Waals surface area contributed by atoms with Crippen molar-refractivity contribution < 1.29 is 17.2 Å². The van der Waals surface area contributed by atoms with Crippen molar-refractivity contribution in [3.05, 3.63) is 58.6 Å². The first-order valence-electron chi connectivity index (χ1n) is 5.53. The molecular weight excluding hydrogens is 308 g/mol. The van der Waals surface area contributed by atoms with Crippen molar-refractivity contribution in [3.8, 4) is 0 Å². The van der Waals surface area contributed by atoms with E-state index in [0.29, 0.717) is 11.1 Å². The molecule has 0 saturated carbocycles. The van der Waals surface area contributed by atoms with Crippen molar-refractivity contribution in [1.29, 1.82) is 0 Å². The Bertz CT molecular complexity index is 743. The third kappa shape index (κ3) is 3.26. The average Bonchev–Trinajstić information content (AvgIpc) is 2.32. The Hall–Kier alpha value is -1.66. The van der Waals surface area contributed by atoms with Crippen molar-refractivity contribution in [2.75, 3.05) is 4.72 Å². The van der Waals surface area contributed by atoms with Gasteiger partial charge in [0.15, 0.2) is 0 Å². The lowest BCUT2D eigenvalue weighted by Crippen LogP contribution is -2.13. The number of nitrogens with one attached hydrogen (secondary N) is 1. The maximum Gasteiger partial charge on any atom is 0.262 e. The molecule has 2 aromatic carbocycles. The standard InChI is InChI=1S/C13H10ClF2NO2S/c1-8-2-3-11(7-13(8)14)17-20(18,19)12-5-9(15)4-10(16)6-12/h2-7,17H,1H3. The van der Waals surface area contributed by atoms with E-state index in [0.717, 1.165) is 17.7 Å². The summed E-state index contributed by atoms with van der Waals surface area (Å²) in [4.78, 5) is -0.494. The number of anilines is 1. The molecule has 2 rings (SSSR count). The molecule has 3 nitrogen and oxygen atoms in total. The fourth-order valence-corrected chi connectivity index (χ4v) is 2.83. The average molecular weight is 318 g/mol. The van der Waals surface area contributed by atoms with E-state index >= 15 is 0 Å². The highest BCUT2D eigenvalue weighted by molar-refractivity contribution is 7.92. The van der Waals surface area contributed by atoms with E-state index in [1.807, 2.05) is 0 Å². The summed E-state index contributed by atoms with van der Waals surface area (Å²) in [6.45, 7) is 1.77. The zero-order valence-electron chi connectivity index (χ0n) is 10.3. The van der Waals surface area contributed by atoms with E-state index in [1.54, 1.807) is 13.0 Å². The minimum atomic E-state index is -4.08. The van der Waals surface area contributed by atoms with E-state index in [1.165, 1.54) is 12.1 Å². The number of rotatable bonds is 3. The highest BCUT2D eigenvalue weighted by atomic mass is 35.5. The molecule has 0 fully saturated rings. The third-order valence-corrected chi connectivity index (χ3v) is 4.34. The number of aryl methyl sites for hydroxylation is 1. The van der Waals surface area contributed by atoms with Gasteiger partial charge in [-0.05, 0) is 36.8 Å². The molecule has 0 unspecified atom stereocenters. The van der Waals surface area contributed by atoms with Crippen molar-refractivity contribution >= 4 is 27.3 Å². The van der Waals surface area contributed by atoms with Crippen LogP contribution in [0.5, 0.6) is 0 Å². The summed E-state index contributed by atoms with van der Waals surface area (Å²) in [5.74, 6) is -1.93. The van der Waals surface area contributed by atoms with Gasteiger partial charge in [0, 0.05) is 11.1 Å². The largest absolute Gasteiger partial charge is 0.280 e. The molecule has 0 saturated heterocycles. The lowest BCUT2D eigenvalue weighted by Gasteiger charge is -2.09. The van der Waals surface area contributed by atoms with Crippen LogP contribution in [0.25, 0.3) is 0 Å². The topological polar surface area (TPSA) is 46.2 Å². The maximum absolute atomic E-state index is 13.1. The normalized spacial score (nSPS) is 11.4. The summed E-state index contributed by atoms with van der Waals surface area (Å²) in [5.41, 5.74) is 0.997.